The Morgan fingerprint density at radius 1 is 0.812 bits per heavy atom. The standard InChI is InChI=1S/C12H10O4/c13-11(14)7-5-9-1-2-10(4-3-9)6-8-12(15)16/h1-8H,(H,13,14)(H,15,16)/b7-5+,8-6?. The Hall–Kier alpha value is -2.36. The molecule has 0 aliphatic rings. The topological polar surface area (TPSA) is 74.6 Å². The van der Waals surface area contributed by atoms with Crippen LogP contribution in [0.3, 0.4) is 0 Å². The number of hydrogen-bond acceptors (Lipinski definition) is 2. The van der Waals surface area contributed by atoms with Crippen molar-refractivity contribution in [2.24, 2.45) is 0 Å². The van der Waals surface area contributed by atoms with Gasteiger partial charge in [-0.1, -0.05) is 24.3 Å². The molecule has 1 aromatic rings. The Bertz CT molecular complexity index is 398. The fraction of sp³-hybridized carbons (Fsp3) is 0. The molecule has 0 heterocycles. The van der Waals surface area contributed by atoms with E-state index in [1.165, 1.54) is 12.2 Å². The molecule has 1 rings (SSSR count). The van der Waals surface area contributed by atoms with E-state index in [-0.39, 0.29) is 0 Å². The van der Waals surface area contributed by atoms with Gasteiger partial charge in [0.1, 0.15) is 0 Å². The summed E-state index contributed by atoms with van der Waals surface area (Å²) >= 11 is 0. The van der Waals surface area contributed by atoms with Gasteiger partial charge in [0.2, 0.25) is 0 Å². The summed E-state index contributed by atoms with van der Waals surface area (Å²) in [4.78, 5) is 20.5. The lowest BCUT2D eigenvalue weighted by Gasteiger charge is -1.94. The number of carboxylic acid groups (broad SMARTS) is 2. The third-order valence-electron chi connectivity index (χ3n) is 1.77. The summed E-state index contributed by atoms with van der Waals surface area (Å²) in [7, 11) is 0. The Morgan fingerprint density at radius 2 is 1.12 bits per heavy atom. The van der Waals surface area contributed by atoms with Gasteiger partial charge >= 0.3 is 11.9 Å². The Balaban J connectivity index is 2.75. The van der Waals surface area contributed by atoms with Crippen molar-refractivity contribution in [2.45, 2.75) is 0 Å². The molecule has 0 aliphatic carbocycles. The highest BCUT2D eigenvalue weighted by Crippen LogP contribution is 2.07. The lowest BCUT2D eigenvalue weighted by Crippen LogP contribution is -1.86. The predicted octanol–water partition coefficient (Wildman–Crippen LogP) is 1.88. The Labute approximate surface area is 92.2 Å². The lowest BCUT2D eigenvalue weighted by molar-refractivity contribution is -0.132. The number of carbonyl (C=O) groups is 2. The quantitative estimate of drug-likeness (QED) is 0.756. The van der Waals surface area contributed by atoms with E-state index in [9.17, 15) is 9.59 Å². The third kappa shape index (κ3) is 4.23. The van der Waals surface area contributed by atoms with Crippen LogP contribution in [-0.2, 0) is 9.59 Å². The SMILES string of the molecule is O=C(O)C=Cc1ccc(/C=C/C(=O)O)cc1. The molecule has 4 nitrogen and oxygen atoms in total. The zero-order chi connectivity index (χ0) is 12.0. The van der Waals surface area contributed by atoms with Gasteiger partial charge < -0.3 is 10.2 Å². The van der Waals surface area contributed by atoms with E-state index in [2.05, 4.69) is 0 Å². The summed E-state index contributed by atoms with van der Waals surface area (Å²) in [5.74, 6) is -2.01. The van der Waals surface area contributed by atoms with Crippen molar-refractivity contribution in [1.82, 2.24) is 0 Å². The fourth-order valence-corrected chi connectivity index (χ4v) is 1.05. The van der Waals surface area contributed by atoms with Gasteiger partial charge in [0.05, 0.1) is 0 Å². The molecule has 1 aromatic carbocycles. The number of carboxylic acids is 2. The molecular weight excluding hydrogens is 208 g/mol. The van der Waals surface area contributed by atoms with E-state index >= 15 is 0 Å². The minimum atomic E-state index is -1.00. The smallest absolute Gasteiger partial charge is 0.328 e. The van der Waals surface area contributed by atoms with E-state index < -0.39 is 11.9 Å². The highest BCUT2D eigenvalue weighted by atomic mass is 16.4. The molecule has 0 fully saturated rings. The molecule has 0 aliphatic heterocycles. The van der Waals surface area contributed by atoms with Crippen LogP contribution in [0, 0.1) is 0 Å². The predicted molar refractivity (Wildman–Crippen MR) is 59.8 cm³/mol. The average molecular weight is 218 g/mol. The Morgan fingerprint density at radius 3 is 1.38 bits per heavy atom. The van der Waals surface area contributed by atoms with Crippen LogP contribution >= 0.6 is 0 Å². The second-order valence-electron chi connectivity index (χ2n) is 3.01. The summed E-state index contributed by atoms with van der Waals surface area (Å²) in [6, 6.07) is 6.84. The zero-order valence-corrected chi connectivity index (χ0v) is 8.33. The largest absolute Gasteiger partial charge is 0.478 e. The first-order chi connectivity index (χ1) is 7.58. The van der Waals surface area contributed by atoms with Gasteiger partial charge in [-0.15, -0.1) is 0 Å². The van der Waals surface area contributed by atoms with Gasteiger partial charge in [0.25, 0.3) is 0 Å². The highest BCUT2D eigenvalue weighted by molar-refractivity contribution is 5.86. The van der Waals surface area contributed by atoms with Crippen molar-refractivity contribution >= 4 is 24.1 Å². The monoisotopic (exact) mass is 218 g/mol. The van der Waals surface area contributed by atoms with Gasteiger partial charge in [-0.05, 0) is 23.3 Å². The van der Waals surface area contributed by atoms with Crippen molar-refractivity contribution in [1.29, 1.82) is 0 Å². The minimum absolute atomic E-state index is 0.745. The van der Waals surface area contributed by atoms with Crippen LogP contribution in [-0.4, -0.2) is 22.2 Å². The van der Waals surface area contributed by atoms with E-state index in [1.54, 1.807) is 24.3 Å². The molecule has 0 saturated heterocycles. The van der Waals surface area contributed by atoms with Crippen LogP contribution in [0.15, 0.2) is 36.4 Å². The van der Waals surface area contributed by atoms with Crippen molar-refractivity contribution in [3.8, 4) is 0 Å². The van der Waals surface area contributed by atoms with Crippen LogP contribution in [0.1, 0.15) is 11.1 Å². The van der Waals surface area contributed by atoms with Crippen LogP contribution in [0.4, 0.5) is 0 Å². The van der Waals surface area contributed by atoms with Gasteiger partial charge in [0, 0.05) is 12.2 Å². The minimum Gasteiger partial charge on any atom is -0.478 e. The van der Waals surface area contributed by atoms with Crippen molar-refractivity contribution < 1.29 is 19.8 Å². The van der Waals surface area contributed by atoms with Crippen LogP contribution in [0.25, 0.3) is 12.2 Å². The molecular formula is C12H10O4. The van der Waals surface area contributed by atoms with E-state index in [0.29, 0.717) is 0 Å². The number of hydrogen-bond donors (Lipinski definition) is 2. The fourth-order valence-electron chi connectivity index (χ4n) is 1.05. The summed E-state index contributed by atoms with van der Waals surface area (Å²) in [5.41, 5.74) is 1.49. The molecule has 0 atom stereocenters. The molecule has 0 amide bonds. The number of rotatable bonds is 4. The number of benzene rings is 1. The summed E-state index contributed by atoms with van der Waals surface area (Å²) < 4.78 is 0. The summed E-state index contributed by atoms with van der Waals surface area (Å²) in [5, 5.41) is 16.8. The first-order valence-electron chi connectivity index (χ1n) is 4.50. The molecule has 0 unspecified atom stereocenters. The first-order valence-corrected chi connectivity index (χ1v) is 4.50. The summed E-state index contributed by atoms with van der Waals surface area (Å²) in [6.07, 6.45) is 5.02. The van der Waals surface area contributed by atoms with Crippen LogP contribution < -0.4 is 0 Å². The highest BCUT2D eigenvalue weighted by Gasteiger charge is 1.91. The van der Waals surface area contributed by atoms with Crippen LogP contribution in [0.2, 0.25) is 0 Å². The maximum absolute atomic E-state index is 10.3. The number of aliphatic carboxylic acids is 2. The normalized spacial score (nSPS) is 11.0. The van der Waals surface area contributed by atoms with Gasteiger partial charge in [-0.3, -0.25) is 0 Å². The summed E-state index contributed by atoms with van der Waals surface area (Å²) in [6.45, 7) is 0. The molecule has 0 radical (unpaired) electrons. The van der Waals surface area contributed by atoms with E-state index in [1.807, 2.05) is 0 Å². The first kappa shape index (κ1) is 11.7. The van der Waals surface area contributed by atoms with Crippen molar-refractivity contribution in [3.63, 3.8) is 0 Å². The molecule has 0 aromatic heterocycles. The van der Waals surface area contributed by atoms with Crippen molar-refractivity contribution in [2.75, 3.05) is 0 Å². The van der Waals surface area contributed by atoms with Gasteiger partial charge in [0.15, 0.2) is 0 Å². The Kier molecular flexibility index (Phi) is 4.03. The molecule has 2 N–H and O–H groups in total. The zero-order valence-electron chi connectivity index (χ0n) is 8.33. The average Bonchev–Trinajstić information content (AvgIpc) is 2.25. The molecule has 0 spiro atoms. The second-order valence-corrected chi connectivity index (χ2v) is 3.01. The van der Waals surface area contributed by atoms with E-state index in [4.69, 9.17) is 10.2 Å². The maximum atomic E-state index is 10.3. The molecule has 0 saturated carbocycles. The third-order valence-corrected chi connectivity index (χ3v) is 1.77. The molecule has 16 heavy (non-hydrogen) atoms. The van der Waals surface area contributed by atoms with Crippen molar-refractivity contribution in [3.05, 3.63) is 47.5 Å². The lowest BCUT2D eigenvalue weighted by atomic mass is 10.1. The van der Waals surface area contributed by atoms with E-state index in [0.717, 1.165) is 23.3 Å². The maximum Gasteiger partial charge on any atom is 0.328 e. The molecule has 0 bridgehead atoms. The molecule has 82 valence electrons. The second kappa shape index (κ2) is 5.50. The molecule has 4 heteroatoms. The van der Waals surface area contributed by atoms with Gasteiger partial charge in [-0.2, -0.15) is 0 Å². The van der Waals surface area contributed by atoms with Gasteiger partial charge in [-0.25, -0.2) is 9.59 Å². The van der Waals surface area contributed by atoms with Crippen LogP contribution in [0.5, 0.6) is 0 Å².